The van der Waals surface area contributed by atoms with Crippen molar-refractivity contribution in [3.63, 3.8) is 0 Å². The number of nitrogens with zero attached hydrogens (tertiary/aromatic N) is 1. The summed E-state index contributed by atoms with van der Waals surface area (Å²) in [6.45, 7) is 3.68. The number of carboxylic acid groups (broad SMARTS) is 1. The van der Waals surface area contributed by atoms with Crippen molar-refractivity contribution in [3.05, 3.63) is 24.0 Å². The van der Waals surface area contributed by atoms with Gasteiger partial charge in [-0.25, -0.2) is 4.79 Å². The summed E-state index contributed by atoms with van der Waals surface area (Å²) in [5, 5.41) is 11.6. The first-order valence-corrected chi connectivity index (χ1v) is 6.49. The van der Waals surface area contributed by atoms with Crippen LogP contribution >= 0.6 is 0 Å². The number of hydrogen-bond donors (Lipinski definition) is 2. The van der Waals surface area contributed by atoms with Crippen molar-refractivity contribution < 1.29 is 19.4 Å². The predicted molar refractivity (Wildman–Crippen MR) is 73.5 cm³/mol. The number of hydrogen-bond acceptors (Lipinski definition) is 4. The van der Waals surface area contributed by atoms with Crippen molar-refractivity contribution >= 4 is 11.9 Å². The second kappa shape index (κ2) is 7.47. The Morgan fingerprint density at radius 2 is 2.15 bits per heavy atom. The third-order valence-corrected chi connectivity index (χ3v) is 3.17. The lowest BCUT2D eigenvalue weighted by Crippen LogP contribution is -2.45. The van der Waals surface area contributed by atoms with E-state index in [-0.39, 0.29) is 18.2 Å². The van der Waals surface area contributed by atoms with Gasteiger partial charge in [-0.1, -0.05) is 20.3 Å². The first kappa shape index (κ1) is 15.9. The van der Waals surface area contributed by atoms with Crippen LogP contribution in [-0.2, 0) is 16.0 Å². The molecule has 1 heterocycles. The second-order valence-corrected chi connectivity index (χ2v) is 4.64. The van der Waals surface area contributed by atoms with Crippen LogP contribution in [0.15, 0.2) is 18.3 Å². The molecule has 0 radical (unpaired) electrons. The van der Waals surface area contributed by atoms with E-state index in [9.17, 15) is 9.59 Å². The van der Waals surface area contributed by atoms with Crippen molar-refractivity contribution in [3.8, 4) is 5.75 Å². The van der Waals surface area contributed by atoms with E-state index < -0.39 is 12.0 Å². The summed E-state index contributed by atoms with van der Waals surface area (Å²) in [6.07, 6.45) is 2.24. The monoisotopic (exact) mass is 280 g/mol. The molecule has 1 aromatic heterocycles. The number of methoxy groups -OCH3 is 1. The highest BCUT2D eigenvalue weighted by molar-refractivity contribution is 5.84. The average Bonchev–Trinajstić information content (AvgIpc) is 2.44. The van der Waals surface area contributed by atoms with Crippen LogP contribution in [0.5, 0.6) is 5.75 Å². The van der Waals surface area contributed by atoms with Gasteiger partial charge in [0.1, 0.15) is 11.8 Å². The van der Waals surface area contributed by atoms with Crippen LogP contribution in [0.4, 0.5) is 0 Å². The van der Waals surface area contributed by atoms with Gasteiger partial charge in [0.05, 0.1) is 19.7 Å². The molecule has 1 aromatic rings. The number of nitrogens with one attached hydrogen (secondary N) is 1. The summed E-state index contributed by atoms with van der Waals surface area (Å²) in [7, 11) is 1.53. The van der Waals surface area contributed by atoms with Crippen molar-refractivity contribution in [1.29, 1.82) is 0 Å². The molecule has 110 valence electrons. The van der Waals surface area contributed by atoms with E-state index in [1.165, 1.54) is 13.3 Å². The molecule has 0 unspecified atom stereocenters. The van der Waals surface area contributed by atoms with Gasteiger partial charge in [0.15, 0.2) is 0 Å². The van der Waals surface area contributed by atoms with Gasteiger partial charge in [0, 0.05) is 5.69 Å². The molecule has 0 aliphatic carbocycles. The van der Waals surface area contributed by atoms with Gasteiger partial charge < -0.3 is 15.2 Å². The van der Waals surface area contributed by atoms with E-state index in [4.69, 9.17) is 9.84 Å². The minimum atomic E-state index is -1.02. The van der Waals surface area contributed by atoms with E-state index >= 15 is 0 Å². The fourth-order valence-corrected chi connectivity index (χ4v) is 1.71. The number of aliphatic carboxylic acids is 1. The number of rotatable bonds is 7. The highest BCUT2D eigenvalue weighted by Gasteiger charge is 2.25. The minimum Gasteiger partial charge on any atom is -0.495 e. The number of carbonyl (C=O) groups is 2. The van der Waals surface area contributed by atoms with Crippen molar-refractivity contribution in [2.75, 3.05) is 7.11 Å². The standard InChI is InChI=1S/C14H20N2O4/c1-4-9(2)13(14(18)19)16-12(17)7-10-5-6-11(20-3)8-15-10/h5-6,8-9,13H,4,7H2,1-3H3,(H,16,17)(H,18,19)/t9-,13-/m0/s1. The molecule has 0 bridgehead atoms. The lowest BCUT2D eigenvalue weighted by Gasteiger charge is -2.20. The minimum absolute atomic E-state index is 0.0458. The molecular formula is C14H20N2O4. The summed E-state index contributed by atoms with van der Waals surface area (Å²) in [5.41, 5.74) is 0.566. The van der Waals surface area contributed by atoms with E-state index in [0.717, 1.165) is 0 Å². The Hall–Kier alpha value is -2.11. The van der Waals surface area contributed by atoms with Gasteiger partial charge >= 0.3 is 5.97 Å². The third-order valence-electron chi connectivity index (χ3n) is 3.17. The maximum Gasteiger partial charge on any atom is 0.326 e. The number of carboxylic acids is 1. The van der Waals surface area contributed by atoms with Crippen molar-refractivity contribution in [2.45, 2.75) is 32.7 Å². The highest BCUT2D eigenvalue weighted by atomic mass is 16.5. The van der Waals surface area contributed by atoms with E-state index in [1.54, 1.807) is 19.1 Å². The van der Waals surface area contributed by atoms with Crippen LogP contribution < -0.4 is 10.1 Å². The first-order chi connectivity index (χ1) is 9.47. The molecule has 0 saturated heterocycles. The lowest BCUT2D eigenvalue weighted by atomic mass is 9.99. The first-order valence-electron chi connectivity index (χ1n) is 6.49. The molecule has 1 amide bonds. The maximum atomic E-state index is 11.9. The smallest absolute Gasteiger partial charge is 0.326 e. The van der Waals surface area contributed by atoms with Crippen LogP contribution in [0.25, 0.3) is 0 Å². The Labute approximate surface area is 118 Å². The molecule has 0 aromatic carbocycles. The number of carbonyl (C=O) groups excluding carboxylic acids is 1. The van der Waals surface area contributed by atoms with Gasteiger partial charge in [0.2, 0.25) is 5.91 Å². The number of amides is 1. The lowest BCUT2D eigenvalue weighted by molar-refractivity contribution is -0.143. The molecule has 0 aliphatic heterocycles. The molecule has 0 spiro atoms. The predicted octanol–water partition coefficient (Wildman–Crippen LogP) is 1.25. The van der Waals surface area contributed by atoms with Crippen molar-refractivity contribution in [1.82, 2.24) is 10.3 Å². The molecule has 2 atom stereocenters. The fourth-order valence-electron chi connectivity index (χ4n) is 1.71. The number of aromatic nitrogens is 1. The van der Waals surface area contributed by atoms with Crippen LogP contribution in [0, 0.1) is 5.92 Å². The number of pyridine rings is 1. The van der Waals surface area contributed by atoms with Crippen LogP contribution in [-0.4, -0.2) is 35.1 Å². The zero-order chi connectivity index (χ0) is 15.1. The summed E-state index contributed by atoms with van der Waals surface area (Å²) in [5.74, 6) is -0.886. The summed E-state index contributed by atoms with van der Waals surface area (Å²) >= 11 is 0. The SMILES string of the molecule is CC[C@H](C)[C@H](NC(=O)Cc1ccc(OC)cn1)C(=O)O. The molecule has 2 N–H and O–H groups in total. The van der Waals surface area contributed by atoms with Gasteiger partial charge in [-0.2, -0.15) is 0 Å². The quantitative estimate of drug-likeness (QED) is 0.784. The molecule has 20 heavy (non-hydrogen) atoms. The Bertz CT molecular complexity index is 459. The molecule has 0 fully saturated rings. The average molecular weight is 280 g/mol. The summed E-state index contributed by atoms with van der Waals surface area (Å²) < 4.78 is 4.98. The third kappa shape index (κ3) is 4.53. The van der Waals surface area contributed by atoms with E-state index in [1.807, 2.05) is 6.92 Å². The molecule has 0 saturated carbocycles. The second-order valence-electron chi connectivity index (χ2n) is 4.64. The van der Waals surface area contributed by atoms with Crippen LogP contribution in [0.2, 0.25) is 0 Å². The largest absolute Gasteiger partial charge is 0.495 e. The number of ether oxygens (including phenoxy) is 1. The van der Waals surface area contributed by atoms with Gasteiger partial charge in [0.25, 0.3) is 0 Å². The van der Waals surface area contributed by atoms with Gasteiger partial charge in [-0.05, 0) is 18.1 Å². The zero-order valence-electron chi connectivity index (χ0n) is 11.9. The van der Waals surface area contributed by atoms with Crippen LogP contribution in [0.1, 0.15) is 26.0 Å². The molecular weight excluding hydrogens is 260 g/mol. The van der Waals surface area contributed by atoms with Crippen LogP contribution in [0.3, 0.4) is 0 Å². The maximum absolute atomic E-state index is 11.9. The molecule has 1 rings (SSSR count). The van der Waals surface area contributed by atoms with E-state index in [2.05, 4.69) is 10.3 Å². The highest BCUT2D eigenvalue weighted by Crippen LogP contribution is 2.10. The Balaban J connectivity index is 2.63. The Morgan fingerprint density at radius 3 is 2.60 bits per heavy atom. The van der Waals surface area contributed by atoms with Crippen molar-refractivity contribution in [2.24, 2.45) is 5.92 Å². The molecule has 6 heteroatoms. The topological polar surface area (TPSA) is 88.5 Å². The summed E-state index contributed by atoms with van der Waals surface area (Å²) in [6, 6.07) is 2.52. The molecule has 0 aliphatic rings. The fraction of sp³-hybridized carbons (Fsp3) is 0.500. The molecule has 6 nitrogen and oxygen atoms in total. The van der Waals surface area contributed by atoms with Gasteiger partial charge in [-0.3, -0.25) is 9.78 Å². The normalized spacial score (nSPS) is 13.3. The Morgan fingerprint density at radius 1 is 1.45 bits per heavy atom. The Kier molecular flexibility index (Phi) is 5.96. The van der Waals surface area contributed by atoms with Gasteiger partial charge in [-0.15, -0.1) is 0 Å². The summed E-state index contributed by atoms with van der Waals surface area (Å²) in [4.78, 5) is 27.1. The van der Waals surface area contributed by atoms with E-state index in [0.29, 0.717) is 17.9 Å². The zero-order valence-corrected chi connectivity index (χ0v) is 11.9.